The summed E-state index contributed by atoms with van der Waals surface area (Å²) >= 11 is 5.34. The second-order valence-electron chi connectivity index (χ2n) is 9.05. The molecule has 1 N–H and O–H groups in total. The summed E-state index contributed by atoms with van der Waals surface area (Å²) in [6.45, 7) is 6.07. The van der Waals surface area contributed by atoms with Crippen LogP contribution in [0.5, 0.6) is 0 Å². The van der Waals surface area contributed by atoms with Crippen LogP contribution in [-0.4, -0.2) is 21.5 Å². The van der Waals surface area contributed by atoms with Crippen LogP contribution in [0.1, 0.15) is 29.4 Å². The largest absolute Gasteiger partial charge is 0.318 e. The van der Waals surface area contributed by atoms with Crippen LogP contribution < -0.4 is 10.2 Å². The zero-order valence-electron chi connectivity index (χ0n) is 21.0. The van der Waals surface area contributed by atoms with Crippen LogP contribution in [0.15, 0.2) is 90.5 Å². The SMILES string of the molecule is CCc1ccc(N2C(=O)/C(=C\c3cc(C)n(-c4ccc(-c5ccccc5)cc4)c3C)C(=O)NC2=S)cc1. The molecule has 5 rings (SSSR count). The van der Waals surface area contributed by atoms with E-state index < -0.39 is 11.8 Å². The molecule has 37 heavy (non-hydrogen) atoms. The third kappa shape index (κ3) is 4.63. The van der Waals surface area contributed by atoms with E-state index in [1.807, 2.05) is 62.4 Å². The normalized spacial score (nSPS) is 14.8. The number of hydrogen-bond acceptors (Lipinski definition) is 3. The number of carbonyl (C=O) groups excluding carboxylic acids is 2. The molecule has 5 nitrogen and oxygen atoms in total. The van der Waals surface area contributed by atoms with Crippen molar-refractivity contribution in [2.75, 3.05) is 4.90 Å². The fraction of sp³-hybridized carbons (Fsp3) is 0.129. The maximum Gasteiger partial charge on any atom is 0.270 e. The predicted octanol–water partition coefficient (Wildman–Crippen LogP) is 6.15. The van der Waals surface area contributed by atoms with Gasteiger partial charge in [0, 0.05) is 17.1 Å². The highest BCUT2D eigenvalue weighted by atomic mass is 32.1. The highest BCUT2D eigenvalue weighted by Crippen LogP contribution is 2.28. The average molecular weight is 506 g/mol. The fourth-order valence-corrected chi connectivity index (χ4v) is 4.97. The first-order valence-corrected chi connectivity index (χ1v) is 12.6. The number of benzene rings is 3. The minimum absolute atomic E-state index is 0.0489. The molecule has 1 fully saturated rings. The highest BCUT2D eigenvalue weighted by molar-refractivity contribution is 7.80. The van der Waals surface area contributed by atoms with Crippen LogP contribution in [0.25, 0.3) is 22.9 Å². The number of amides is 2. The summed E-state index contributed by atoms with van der Waals surface area (Å²) in [5.74, 6) is -0.927. The third-order valence-corrected chi connectivity index (χ3v) is 6.99. The molecule has 4 aromatic rings. The Bertz CT molecular complexity index is 1530. The first-order chi connectivity index (χ1) is 17.9. The number of aryl methyl sites for hydroxylation is 2. The number of nitrogens with zero attached hydrogens (tertiary/aromatic N) is 2. The van der Waals surface area contributed by atoms with Gasteiger partial charge in [-0.1, -0.05) is 61.5 Å². The van der Waals surface area contributed by atoms with Gasteiger partial charge in [-0.2, -0.15) is 0 Å². The Kier molecular flexibility index (Phi) is 6.59. The number of carbonyl (C=O) groups is 2. The average Bonchev–Trinajstić information content (AvgIpc) is 3.19. The van der Waals surface area contributed by atoms with Crippen LogP contribution in [0.4, 0.5) is 5.69 Å². The van der Waals surface area contributed by atoms with Crippen molar-refractivity contribution in [2.24, 2.45) is 0 Å². The van der Waals surface area contributed by atoms with Gasteiger partial charge in [0.15, 0.2) is 5.11 Å². The van der Waals surface area contributed by atoms with E-state index in [4.69, 9.17) is 12.2 Å². The van der Waals surface area contributed by atoms with E-state index in [1.165, 1.54) is 4.90 Å². The minimum atomic E-state index is -0.492. The van der Waals surface area contributed by atoms with Gasteiger partial charge in [0.2, 0.25) is 0 Å². The molecule has 0 saturated carbocycles. The lowest BCUT2D eigenvalue weighted by atomic mass is 10.1. The summed E-state index contributed by atoms with van der Waals surface area (Å²) in [5.41, 5.74) is 7.89. The summed E-state index contributed by atoms with van der Waals surface area (Å²) in [7, 11) is 0. The molecule has 0 bridgehead atoms. The maximum atomic E-state index is 13.5. The molecule has 1 saturated heterocycles. The molecule has 2 amide bonds. The number of thiocarbonyl (C=S) groups is 1. The highest BCUT2D eigenvalue weighted by Gasteiger charge is 2.34. The minimum Gasteiger partial charge on any atom is -0.318 e. The molecule has 0 aliphatic carbocycles. The lowest BCUT2D eigenvalue weighted by molar-refractivity contribution is -0.122. The van der Waals surface area contributed by atoms with Crippen molar-refractivity contribution in [2.45, 2.75) is 27.2 Å². The van der Waals surface area contributed by atoms with Crippen molar-refractivity contribution in [1.29, 1.82) is 0 Å². The van der Waals surface area contributed by atoms with E-state index in [-0.39, 0.29) is 10.7 Å². The number of hydrogen-bond donors (Lipinski definition) is 1. The van der Waals surface area contributed by atoms with Gasteiger partial charge < -0.3 is 4.57 Å². The van der Waals surface area contributed by atoms with Crippen LogP contribution in [0, 0.1) is 13.8 Å². The molecular weight excluding hydrogens is 478 g/mol. The summed E-state index contributed by atoms with van der Waals surface area (Å²) < 4.78 is 2.12. The Labute approximate surface area is 222 Å². The molecule has 3 aromatic carbocycles. The summed E-state index contributed by atoms with van der Waals surface area (Å²) in [6.07, 6.45) is 2.55. The molecule has 2 heterocycles. The Morgan fingerprint density at radius 1 is 0.838 bits per heavy atom. The van der Waals surface area contributed by atoms with Crippen molar-refractivity contribution >= 4 is 40.9 Å². The van der Waals surface area contributed by atoms with Crippen LogP contribution >= 0.6 is 12.2 Å². The van der Waals surface area contributed by atoms with Gasteiger partial charge >= 0.3 is 0 Å². The Hall–Kier alpha value is -4.29. The zero-order chi connectivity index (χ0) is 26.1. The van der Waals surface area contributed by atoms with Crippen LogP contribution in [-0.2, 0) is 16.0 Å². The van der Waals surface area contributed by atoms with E-state index in [1.54, 1.807) is 6.08 Å². The molecule has 0 spiro atoms. The van der Waals surface area contributed by atoms with E-state index in [0.717, 1.165) is 45.7 Å². The molecule has 6 heteroatoms. The van der Waals surface area contributed by atoms with Crippen molar-refractivity contribution in [3.05, 3.63) is 113 Å². The van der Waals surface area contributed by atoms with Gasteiger partial charge in [0.1, 0.15) is 5.57 Å². The number of nitrogens with one attached hydrogen (secondary N) is 1. The van der Waals surface area contributed by atoms with E-state index in [9.17, 15) is 9.59 Å². The fourth-order valence-electron chi connectivity index (χ4n) is 4.69. The lowest BCUT2D eigenvalue weighted by Crippen LogP contribution is -2.54. The topological polar surface area (TPSA) is 54.3 Å². The second kappa shape index (κ2) is 9.99. The Morgan fingerprint density at radius 3 is 2.11 bits per heavy atom. The predicted molar refractivity (Wildman–Crippen MR) is 153 cm³/mol. The standard InChI is InChI=1S/C31H27N3O2S/c1-4-22-10-14-27(15-11-22)34-30(36)28(29(35)32-31(34)37)19-25-18-20(2)33(21(25)3)26-16-12-24(13-17-26)23-8-6-5-7-9-23/h5-19H,4H2,1-3H3,(H,32,35,37)/b28-19-. The molecule has 1 aromatic heterocycles. The van der Waals surface area contributed by atoms with E-state index in [2.05, 4.69) is 53.2 Å². The monoisotopic (exact) mass is 505 g/mol. The van der Waals surface area contributed by atoms with Crippen molar-refractivity contribution in [1.82, 2.24) is 9.88 Å². The second-order valence-corrected chi connectivity index (χ2v) is 9.44. The zero-order valence-corrected chi connectivity index (χ0v) is 21.8. The van der Waals surface area contributed by atoms with Crippen LogP contribution in [0.3, 0.4) is 0 Å². The molecule has 0 atom stereocenters. The van der Waals surface area contributed by atoms with Gasteiger partial charge in [-0.05, 0) is 91.1 Å². The number of anilines is 1. The first kappa shape index (κ1) is 24.4. The molecule has 184 valence electrons. The first-order valence-electron chi connectivity index (χ1n) is 12.2. The van der Waals surface area contributed by atoms with Crippen LogP contribution in [0.2, 0.25) is 0 Å². The summed E-state index contributed by atoms with van der Waals surface area (Å²) in [6, 6.07) is 28.2. The molecule has 0 unspecified atom stereocenters. The number of aromatic nitrogens is 1. The number of rotatable bonds is 5. The van der Waals surface area contributed by atoms with Gasteiger partial charge in [-0.3, -0.25) is 19.8 Å². The van der Waals surface area contributed by atoms with Gasteiger partial charge in [0.05, 0.1) is 5.69 Å². The third-order valence-electron chi connectivity index (χ3n) is 6.71. The smallest absolute Gasteiger partial charge is 0.270 e. The van der Waals surface area contributed by atoms with Gasteiger partial charge in [0.25, 0.3) is 11.8 Å². The van der Waals surface area contributed by atoms with E-state index in [0.29, 0.717) is 5.69 Å². The molecule has 0 radical (unpaired) electrons. The lowest BCUT2D eigenvalue weighted by Gasteiger charge is -2.29. The van der Waals surface area contributed by atoms with Crippen molar-refractivity contribution in [3.63, 3.8) is 0 Å². The quantitative estimate of drug-likeness (QED) is 0.201. The van der Waals surface area contributed by atoms with E-state index >= 15 is 0 Å². The maximum absolute atomic E-state index is 13.5. The molecule has 1 aliphatic rings. The van der Waals surface area contributed by atoms with Gasteiger partial charge in [-0.25, -0.2) is 0 Å². The summed E-state index contributed by atoms with van der Waals surface area (Å²) in [4.78, 5) is 27.7. The van der Waals surface area contributed by atoms with Crippen molar-refractivity contribution in [3.8, 4) is 16.8 Å². The molecular formula is C31H27N3O2S. The van der Waals surface area contributed by atoms with Crippen molar-refractivity contribution < 1.29 is 9.59 Å². The molecule has 1 aliphatic heterocycles. The Balaban J connectivity index is 1.48. The van der Waals surface area contributed by atoms with Gasteiger partial charge in [-0.15, -0.1) is 0 Å². The Morgan fingerprint density at radius 2 is 1.46 bits per heavy atom. The summed E-state index contributed by atoms with van der Waals surface area (Å²) in [5, 5.41) is 2.76.